The SMILES string of the molecule is CCOc1ccc(S(=O)(=O)Nc2ccc(N3CCC(C)CC3)nn2)cc1. The Kier molecular flexibility index (Phi) is 5.61. The smallest absolute Gasteiger partial charge is 0.263 e. The van der Waals surface area contributed by atoms with E-state index in [-0.39, 0.29) is 10.7 Å². The van der Waals surface area contributed by atoms with Gasteiger partial charge in [0.2, 0.25) is 0 Å². The molecule has 1 aliphatic heterocycles. The molecule has 1 aromatic heterocycles. The van der Waals surface area contributed by atoms with Crippen LogP contribution in [-0.4, -0.2) is 38.3 Å². The molecule has 1 aromatic carbocycles. The number of ether oxygens (including phenoxy) is 1. The summed E-state index contributed by atoms with van der Waals surface area (Å²) >= 11 is 0. The molecule has 26 heavy (non-hydrogen) atoms. The third-order valence-electron chi connectivity index (χ3n) is 4.44. The van der Waals surface area contributed by atoms with Crippen LogP contribution in [0.4, 0.5) is 11.6 Å². The molecule has 0 saturated carbocycles. The number of nitrogens with one attached hydrogen (secondary N) is 1. The highest BCUT2D eigenvalue weighted by Crippen LogP contribution is 2.22. The number of hydrogen-bond acceptors (Lipinski definition) is 6. The van der Waals surface area contributed by atoms with E-state index in [2.05, 4.69) is 26.7 Å². The van der Waals surface area contributed by atoms with Crippen LogP contribution in [0.3, 0.4) is 0 Å². The minimum absolute atomic E-state index is 0.150. The van der Waals surface area contributed by atoms with Gasteiger partial charge in [0, 0.05) is 13.1 Å². The summed E-state index contributed by atoms with van der Waals surface area (Å²) in [7, 11) is -3.71. The zero-order valence-electron chi connectivity index (χ0n) is 15.1. The third-order valence-corrected chi connectivity index (χ3v) is 5.81. The fourth-order valence-electron chi connectivity index (χ4n) is 2.86. The van der Waals surface area contributed by atoms with Crippen molar-refractivity contribution in [1.82, 2.24) is 10.2 Å². The van der Waals surface area contributed by atoms with E-state index in [0.29, 0.717) is 12.4 Å². The first-order chi connectivity index (χ1) is 12.5. The molecule has 0 radical (unpaired) electrons. The van der Waals surface area contributed by atoms with Gasteiger partial charge in [-0.15, -0.1) is 10.2 Å². The van der Waals surface area contributed by atoms with Crippen molar-refractivity contribution < 1.29 is 13.2 Å². The van der Waals surface area contributed by atoms with Gasteiger partial charge >= 0.3 is 0 Å². The summed E-state index contributed by atoms with van der Waals surface area (Å²) in [4.78, 5) is 2.33. The second kappa shape index (κ2) is 7.90. The first-order valence-corrected chi connectivity index (χ1v) is 10.3. The van der Waals surface area contributed by atoms with Gasteiger partial charge in [-0.3, -0.25) is 4.72 Å². The van der Waals surface area contributed by atoms with Crippen LogP contribution in [0.5, 0.6) is 5.75 Å². The molecule has 140 valence electrons. The summed E-state index contributed by atoms with van der Waals surface area (Å²) in [6.45, 7) is 6.56. The molecule has 8 heteroatoms. The Morgan fingerprint density at radius 1 is 1.12 bits per heavy atom. The minimum Gasteiger partial charge on any atom is -0.494 e. The van der Waals surface area contributed by atoms with Gasteiger partial charge < -0.3 is 9.64 Å². The predicted octanol–water partition coefficient (Wildman–Crippen LogP) is 2.91. The van der Waals surface area contributed by atoms with E-state index in [0.717, 1.165) is 37.7 Å². The standard InChI is InChI=1S/C18H24N4O3S/c1-3-25-15-4-6-16(7-5-15)26(23,24)21-17-8-9-18(20-19-17)22-12-10-14(2)11-13-22/h4-9,14H,3,10-13H2,1-2H3,(H,19,21). The van der Waals surface area contributed by atoms with Crippen molar-refractivity contribution in [3.05, 3.63) is 36.4 Å². The van der Waals surface area contributed by atoms with Crippen molar-refractivity contribution in [1.29, 1.82) is 0 Å². The fourth-order valence-corrected chi connectivity index (χ4v) is 3.86. The molecule has 1 saturated heterocycles. The fraction of sp³-hybridized carbons (Fsp3) is 0.444. The summed E-state index contributed by atoms with van der Waals surface area (Å²) in [5.41, 5.74) is 0. The molecule has 2 heterocycles. The Balaban J connectivity index is 1.67. The van der Waals surface area contributed by atoms with Crippen LogP contribution in [0.25, 0.3) is 0 Å². The second-order valence-corrected chi connectivity index (χ2v) is 8.14. The number of sulfonamides is 1. The van der Waals surface area contributed by atoms with Crippen LogP contribution in [0.15, 0.2) is 41.3 Å². The Labute approximate surface area is 154 Å². The van der Waals surface area contributed by atoms with Gasteiger partial charge in [0.05, 0.1) is 11.5 Å². The van der Waals surface area contributed by atoms with Gasteiger partial charge in [-0.25, -0.2) is 8.42 Å². The first kappa shape index (κ1) is 18.4. The summed E-state index contributed by atoms with van der Waals surface area (Å²) in [6, 6.07) is 9.72. The Bertz CT molecular complexity index is 815. The highest BCUT2D eigenvalue weighted by atomic mass is 32.2. The maximum atomic E-state index is 12.5. The van der Waals surface area contributed by atoms with Crippen LogP contribution in [0, 0.1) is 5.92 Å². The zero-order valence-corrected chi connectivity index (χ0v) is 15.9. The van der Waals surface area contributed by atoms with E-state index in [1.165, 1.54) is 12.1 Å². The maximum absolute atomic E-state index is 12.5. The summed E-state index contributed by atoms with van der Waals surface area (Å²) in [5, 5.41) is 8.20. The summed E-state index contributed by atoms with van der Waals surface area (Å²) < 4.78 is 32.7. The van der Waals surface area contributed by atoms with Crippen LogP contribution >= 0.6 is 0 Å². The van der Waals surface area contributed by atoms with Gasteiger partial charge in [-0.1, -0.05) is 6.92 Å². The molecule has 1 fully saturated rings. The molecule has 2 aromatic rings. The molecule has 0 aliphatic carbocycles. The lowest BCUT2D eigenvalue weighted by Gasteiger charge is -2.30. The molecule has 7 nitrogen and oxygen atoms in total. The van der Waals surface area contributed by atoms with Crippen molar-refractivity contribution in [3.63, 3.8) is 0 Å². The Hall–Kier alpha value is -2.35. The minimum atomic E-state index is -3.71. The number of piperidine rings is 1. The molecule has 1 aliphatic rings. The van der Waals surface area contributed by atoms with E-state index in [1.807, 2.05) is 6.92 Å². The molecule has 1 N–H and O–H groups in total. The average molecular weight is 376 g/mol. The first-order valence-electron chi connectivity index (χ1n) is 8.82. The van der Waals surface area contributed by atoms with E-state index in [4.69, 9.17) is 4.74 Å². The Morgan fingerprint density at radius 3 is 2.38 bits per heavy atom. The maximum Gasteiger partial charge on any atom is 0.263 e. The lowest BCUT2D eigenvalue weighted by molar-refractivity contribution is 0.340. The number of anilines is 2. The molecule has 3 rings (SSSR count). The van der Waals surface area contributed by atoms with E-state index < -0.39 is 10.0 Å². The normalized spacial score (nSPS) is 15.7. The molecule has 0 spiro atoms. The van der Waals surface area contributed by atoms with Crippen LogP contribution in [0.2, 0.25) is 0 Å². The van der Waals surface area contributed by atoms with Crippen molar-refractivity contribution in [2.24, 2.45) is 5.92 Å². The highest BCUT2D eigenvalue weighted by Gasteiger charge is 2.18. The molecule has 0 amide bonds. The van der Waals surface area contributed by atoms with Crippen molar-refractivity contribution >= 4 is 21.7 Å². The van der Waals surface area contributed by atoms with Gasteiger partial charge in [0.25, 0.3) is 10.0 Å². The average Bonchev–Trinajstić information content (AvgIpc) is 2.64. The van der Waals surface area contributed by atoms with Crippen molar-refractivity contribution in [2.45, 2.75) is 31.6 Å². The Morgan fingerprint density at radius 2 is 1.81 bits per heavy atom. The number of rotatable bonds is 6. The molecule has 0 bridgehead atoms. The number of hydrogen-bond donors (Lipinski definition) is 1. The van der Waals surface area contributed by atoms with E-state index in [9.17, 15) is 8.42 Å². The summed E-state index contributed by atoms with van der Waals surface area (Å²) in [6.07, 6.45) is 2.27. The quantitative estimate of drug-likeness (QED) is 0.834. The number of aromatic nitrogens is 2. The molecular weight excluding hydrogens is 352 g/mol. The van der Waals surface area contributed by atoms with Crippen molar-refractivity contribution in [3.8, 4) is 5.75 Å². The second-order valence-electron chi connectivity index (χ2n) is 6.46. The molecule has 0 unspecified atom stereocenters. The van der Waals surface area contributed by atoms with Crippen LogP contribution < -0.4 is 14.4 Å². The third kappa shape index (κ3) is 4.43. The summed E-state index contributed by atoms with van der Waals surface area (Å²) in [5.74, 6) is 2.35. The van der Waals surface area contributed by atoms with Gasteiger partial charge in [-0.05, 0) is 62.1 Å². The van der Waals surface area contributed by atoms with Gasteiger partial charge in [-0.2, -0.15) is 0 Å². The van der Waals surface area contributed by atoms with E-state index in [1.54, 1.807) is 24.3 Å². The van der Waals surface area contributed by atoms with Crippen LogP contribution in [0.1, 0.15) is 26.7 Å². The zero-order chi connectivity index (χ0) is 18.6. The lowest BCUT2D eigenvalue weighted by Crippen LogP contribution is -2.33. The monoisotopic (exact) mass is 376 g/mol. The lowest BCUT2D eigenvalue weighted by atomic mass is 9.99. The topological polar surface area (TPSA) is 84.4 Å². The van der Waals surface area contributed by atoms with Gasteiger partial charge in [0.1, 0.15) is 5.75 Å². The molecule has 0 atom stereocenters. The number of benzene rings is 1. The largest absolute Gasteiger partial charge is 0.494 e. The van der Waals surface area contributed by atoms with Crippen LogP contribution in [-0.2, 0) is 10.0 Å². The van der Waals surface area contributed by atoms with Gasteiger partial charge in [0.15, 0.2) is 11.6 Å². The van der Waals surface area contributed by atoms with E-state index >= 15 is 0 Å². The predicted molar refractivity (Wildman–Crippen MR) is 101 cm³/mol. The number of nitrogens with zero attached hydrogens (tertiary/aromatic N) is 3. The molecular formula is C18H24N4O3S. The van der Waals surface area contributed by atoms with Crippen molar-refractivity contribution in [2.75, 3.05) is 29.3 Å². The highest BCUT2D eigenvalue weighted by molar-refractivity contribution is 7.92.